The Labute approximate surface area is 138 Å². The van der Waals surface area contributed by atoms with E-state index in [0.29, 0.717) is 18.0 Å². The van der Waals surface area contributed by atoms with Crippen molar-refractivity contribution in [3.05, 3.63) is 23.8 Å². The fourth-order valence-electron chi connectivity index (χ4n) is 3.03. The van der Waals surface area contributed by atoms with Crippen molar-refractivity contribution in [2.45, 2.75) is 37.6 Å². The summed E-state index contributed by atoms with van der Waals surface area (Å²) in [5.41, 5.74) is 6.40. The zero-order valence-electron chi connectivity index (χ0n) is 13.2. The molecule has 0 spiro atoms. The summed E-state index contributed by atoms with van der Waals surface area (Å²) in [6.45, 7) is 0.488. The quantitative estimate of drug-likeness (QED) is 0.838. The number of amides is 1. The number of rotatable bonds is 6. The highest BCUT2D eigenvalue weighted by Gasteiger charge is 2.34. The van der Waals surface area contributed by atoms with Crippen LogP contribution >= 0.6 is 12.4 Å². The number of ether oxygens (including phenoxy) is 2. The van der Waals surface area contributed by atoms with Gasteiger partial charge in [-0.3, -0.25) is 4.79 Å². The largest absolute Gasteiger partial charge is 0.496 e. The van der Waals surface area contributed by atoms with Crippen molar-refractivity contribution in [3.63, 3.8) is 0 Å². The molecule has 3 N–H and O–H groups in total. The second-order valence-electron chi connectivity index (χ2n) is 5.56. The molecule has 0 unspecified atom stereocenters. The van der Waals surface area contributed by atoms with Gasteiger partial charge in [0.15, 0.2) is 0 Å². The summed E-state index contributed by atoms with van der Waals surface area (Å²) in [7, 11) is 3.18. The van der Waals surface area contributed by atoms with Crippen LogP contribution in [0.1, 0.15) is 31.2 Å². The third-order valence-electron chi connectivity index (χ3n) is 4.22. The predicted octanol–water partition coefficient (Wildman–Crippen LogP) is 2.06. The molecule has 124 valence electrons. The van der Waals surface area contributed by atoms with E-state index >= 15 is 0 Å². The lowest BCUT2D eigenvalue weighted by atomic mass is 9.97. The molecule has 1 aromatic carbocycles. The highest BCUT2D eigenvalue weighted by Crippen LogP contribution is 2.31. The summed E-state index contributed by atoms with van der Waals surface area (Å²) < 4.78 is 10.7. The molecule has 1 saturated carbocycles. The van der Waals surface area contributed by atoms with Crippen LogP contribution in [0.3, 0.4) is 0 Å². The summed E-state index contributed by atoms with van der Waals surface area (Å²) in [5.74, 6) is 1.29. The summed E-state index contributed by atoms with van der Waals surface area (Å²) in [4.78, 5) is 12.4. The molecular formula is C16H25ClN2O3. The van der Waals surface area contributed by atoms with Crippen molar-refractivity contribution in [1.29, 1.82) is 0 Å². The Bertz CT molecular complexity index is 480. The van der Waals surface area contributed by atoms with Crippen LogP contribution in [0.4, 0.5) is 0 Å². The molecule has 1 aliphatic carbocycles. The van der Waals surface area contributed by atoms with E-state index in [2.05, 4.69) is 5.32 Å². The molecule has 0 atom stereocenters. The normalized spacial score (nSPS) is 15.8. The van der Waals surface area contributed by atoms with Gasteiger partial charge in [0, 0.05) is 12.1 Å². The van der Waals surface area contributed by atoms with E-state index in [1.54, 1.807) is 14.2 Å². The number of nitrogens with two attached hydrogens (primary N) is 1. The third-order valence-corrected chi connectivity index (χ3v) is 4.22. The molecule has 0 saturated heterocycles. The number of nitrogens with one attached hydrogen (secondary N) is 1. The van der Waals surface area contributed by atoms with Gasteiger partial charge >= 0.3 is 0 Å². The topological polar surface area (TPSA) is 73.6 Å². The van der Waals surface area contributed by atoms with E-state index in [1.807, 2.05) is 18.2 Å². The number of hydrogen-bond donors (Lipinski definition) is 2. The molecular weight excluding hydrogens is 304 g/mol. The molecule has 1 fully saturated rings. The first kappa shape index (κ1) is 18.6. The first-order valence-electron chi connectivity index (χ1n) is 7.35. The minimum Gasteiger partial charge on any atom is -0.496 e. The van der Waals surface area contributed by atoms with Gasteiger partial charge in [0.05, 0.1) is 26.2 Å². The van der Waals surface area contributed by atoms with Gasteiger partial charge < -0.3 is 20.5 Å². The number of methoxy groups -OCH3 is 2. The lowest BCUT2D eigenvalue weighted by Gasteiger charge is -2.29. The van der Waals surface area contributed by atoms with Crippen molar-refractivity contribution < 1.29 is 14.3 Å². The molecule has 1 aromatic rings. The van der Waals surface area contributed by atoms with Gasteiger partial charge in [-0.15, -0.1) is 12.4 Å². The van der Waals surface area contributed by atoms with E-state index in [0.717, 1.165) is 31.2 Å². The van der Waals surface area contributed by atoms with Gasteiger partial charge in [-0.2, -0.15) is 0 Å². The van der Waals surface area contributed by atoms with Crippen LogP contribution in [0.15, 0.2) is 18.2 Å². The predicted molar refractivity (Wildman–Crippen MR) is 88.9 cm³/mol. The molecule has 1 amide bonds. The molecule has 0 bridgehead atoms. The first-order chi connectivity index (χ1) is 10.1. The lowest BCUT2D eigenvalue weighted by molar-refractivity contribution is -0.122. The summed E-state index contributed by atoms with van der Waals surface area (Å²) in [6, 6.07) is 5.51. The molecule has 0 aromatic heterocycles. The molecule has 5 nitrogen and oxygen atoms in total. The molecule has 2 rings (SSSR count). The lowest BCUT2D eigenvalue weighted by Crippen LogP contribution is -2.52. The molecule has 1 aliphatic rings. The maximum absolute atomic E-state index is 12.4. The Kier molecular flexibility index (Phi) is 6.97. The summed E-state index contributed by atoms with van der Waals surface area (Å²) in [6.07, 6.45) is 4.39. The van der Waals surface area contributed by atoms with Crippen LogP contribution in [-0.4, -0.2) is 32.2 Å². The maximum atomic E-state index is 12.4. The Morgan fingerprint density at radius 1 is 1.23 bits per heavy atom. The van der Waals surface area contributed by atoms with Crippen molar-refractivity contribution >= 4 is 18.3 Å². The minimum atomic E-state index is -0.230. The minimum absolute atomic E-state index is 0. The van der Waals surface area contributed by atoms with Crippen molar-refractivity contribution in [2.24, 2.45) is 5.73 Å². The van der Waals surface area contributed by atoms with E-state index in [9.17, 15) is 4.79 Å². The van der Waals surface area contributed by atoms with Crippen molar-refractivity contribution in [3.8, 4) is 11.5 Å². The zero-order chi connectivity index (χ0) is 15.3. The Morgan fingerprint density at radius 3 is 2.23 bits per heavy atom. The van der Waals surface area contributed by atoms with Crippen LogP contribution < -0.4 is 20.5 Å². The van der Waals surface area contributed by atoms with Gasteiger partial charge in [0.25, 0.3) is 0 Å². The summed E-state index contributed by atoms with van der Waals surface area (Å²) >= 11 is 0. The third kappa shape index (κ3) is 4.05. The second-order valence-corrected chi connectivity index (χ2v) is 5.56. The van der Waals surface area contributed by atoms with E-state index < -0.39 is 0 Å². The van der Waals surface area contributed by atoms with Crippen LogP contribution in [0.2, 0.25) is 0 Å². The molecule has 22 heavy (non-hydrogen) atoms. The maximum Gasteiger partial charge on any atom is 0.225 e. The Balaban J connectivity index is 0.00000242. The number of halogens is 1. The average Bonchev–Trinajstić information content (AvgIpc) is 2.96. The van der Waals surface area contributed by atoms with Crippen LogP contribution in [0.25, 0.3) is 0 Å². The van der Waals surface area contributed by atoms with Crippen LogP contribution in [-0.2, 0) is 11.2 Å². The molecule has 0 radical (unpaired) electrons. The standard InChI is InChI=1S/C16H24N2O3.ClH/c1-20-13-6-5-7-14(21-2)12(13)10-15(19)18-16(11-17)8-3-4-9-16;/h5-7H,3-4,8-11,17H2,1-2H3,(H,18,19);1H. The van der Waals surface area contributed by atoms with Gasteiger partial charge in [-0.1, -0.05) is 18.9 Å². The van der Waals surface area contributed by atoms with Gasteiger partial charge in [0.1, 0.15) is 11.5 Å². The number of carbonyl (C=O) groups excluding carboxylic acids is 1. The van der Waals surface area contributed by atoms with Gasteiger partial charge in [-0.05, 0) is 25.0 Å². The average molecular weight is 329 g/mol. The van der Waals surface area contributed by atoms with Crippen molar-refractivity contribution in [1.82, 2.24) is 5.32 Å². The van der Waals surface area contributed by atoms with Crippen molar-refractivity contribution in [2.75, 3.05) is 20.8 Å². The zero-order valence-corrected chi connectivity index (χ0v) is 14.0. The first-order valence-corrected chi connectivity index (χ1v) is 7.35. The fraction of sp³-hybridized carbons (Fsp3) is 0.562. The van der Waals surface area contributed by atoms with Crippen LogP contribution in [0, 0.1) is 0 Å². The fourth-order valence-corrected chi connectivity index (χ4v) is 3.03. The van der Waals surface area contributed by atoms with E-state index in [-0.39, 0.29) is 30.3 Å². The SMILES string of the molecule is COc1cccc(OC)c1CC(=O)NC1(CN)CCCC1.Cl. The Hall–Kier alpha value is -1.46. The van der Waals surface area contributed by atoms with E-state index in [1.165, 1.54) is 0 Å². The highest BCUT2D eigenvalue weighted by atomic mass is 35.5. The molecule has 6 heteroatoms. The smallest absolute Gasteiger partial charge is 0.225 e. The van der Waals surface area contributed by atoms with Gasteiger partial charge in [0.2, 0.25) is 5.91 Å². The monoisotopic (exact) mass is 328 g/mol. The van der Waals surface area contributed by atoms with E-state index in [4.69, 9.17) is 15.2 Å². The summed E-state index contributed by atoms with van der Waals surface area (Å²) in [5, 5.41) is 3.12. The van der Waals surface area contributed by atoms with Gasteiger partial charge in [-0.25, -0.2) is 0 Å². The number of benzene rings is 1. The number of hydrogen-bond acceptors (Lipinski definition) is 4. The van der Waals surface area contributed by atoms with Crippen LogP contribution in [0.5, 0.6) is 11.5 Å². The Morgan fingerprint density at radius 2 is 1.77 bits per heavy atom. The number of carbonyl (C=O) groups is 1. The molecule has 0 heterocycles. The second kappa shape index (κ2) is 8.25. The highest BCUT2D eigenvalue weighted by molar-refractivity contribution is 5.85. The molecule has 0 aliphatic heterocycles.